The molecule has 0 aromatic heterocycles. The van der Waals surface area contributed by atoms with Crippen LogP contribution in [0, 0.1) is 0 Å². The fourth-order valence-corrected chi connectivity index (χ4v) is 4.89. The molecule has 1 aliphatic heterocycles. The first-order chi connectivity index (χ1) is 13.3. The lowest BCUT2D eigenvalue weighted by atomic mass is 10.2. The Kier molecular flexibility index (Phi) is 5.90. The first-order valence-corrected chi connectivity index (χ1v) is 11.0. The van der Waals surface area contributed by atoms with Crippen molar-refractivity contribution in [2.45, 2.75) is 11.8 Å². The molecule has 146 valence electrons. The number of anilines is 1. The second-order valence-electron chi connectivity index (χ2n) is 6.31. The van der Waals surface area contributed by atoms with Gasteiger partial charge in [0.05, 0.1) is 9.80 Å². The monoisotopic (exact) mass is 415 g/mol. The maximum Gasteiger partial charge on any atom is 0.284 e. The Hall–Kier alpha value is -2.58. The smallest absolute Gasteiger partial charge is 0.284 e. The van der Waals surface area contributed by atoms with Crippen molar-refractivity contribution >= 4 is 44.6 Å². The van der Waals surface area contributed by atoms with E-state index in [4.69, 9.17) is 0 Å². The summed E-state index contributed by atoms with van der Waals surface area (Å²) in [7, 11) is 0.0333. The van der Waals surface area contributed by atoms with Gasteiger partial charge in [0.2, 0.25) is 0 Å². The van der Waals surface area contributed by atoms with Crippen LogP contribution in [0.15, 0.2) is 68.8 Å². The summed E-state index contributed by atoms with van der Waals surface area (Å²) in [4.78, 5) is 16.6. The van der Waals surface area contributed by atoms with Crippen LogP contribution in [0.25, 0.3) is 6.08 Å². The Morgan fingerprint density at radius 2 is 1.71 bits per heavy atom. The van der Waals surface area contributed by atoms with Gasteiger partial charge in [-0.15, -0.1) is 4.40 Å². The van der Waals surface area contributed by atoms with Gasteiger partial charge in [-0.3, -0.25) is 9.69 Å². The molecular formula is C20H21N3O3S2. The van der Waals surface area contributed by atoms with E-state index >= 15 is 0 Å². The van der Waals surface area contributed by atoms with E-state index in [1.807, 2.05) is 43.3 Å². The highest BCUT2D eigenvalue weighted by atomic mass is 32.2. The largest absolute Gasteiger partial charge is 0.378 e. The Morgan fingerprint density at radius 1 is 1.07 bits per heavy atom. The summed E-state index contributed by atoms with van der Waals surface area (Å²) >= 11 is 1.08. The topological polar surface area (TPSA) is 70.1 Å². The lowest BCUT2D eigenvalue weighted by Gasteiger charge is -2.12. The lowest BCUT2D eigenvalue weighted by molar-refractivity contribution is -0.122. The third-order valence-electron chi connectivity index (χ3n) is 4.15. The molecule has 1 fully saturated rings. The van der Waals surface area contributed by atoms with Crippen molar-refractivity contribution in [3.8, 4) is 0 Å². The standard InChI is InChI=1S/C20H21N3O3S2/c1-4-23-19(24)18(14-15-10-12-16(13-11-15)22(2)3)27-20(23)21-28(25,26)17-8-6-5-7-9-17/h5-14H,4H2,1-3H3/b18-14-,21-20-. The van der Waals surface area contributed by atoms with E-state index < -0.39 is 10.0 Å². The Balaban J connectivity index is 1.92. The molecule has 8 heteroatoms. The number of thioether (sulfide) groups is 1. The van der Waals surface area contributed by atoms with Crippen molar-refractivity contribution in [2.24, 2.45) is 4.40 Å². The molecule has 0 radical (unpaired) electrons. The van der Waals surface area contributed by atoms with Crippen LogP contribution in [-0.2, 0) is 14.8 Å². The van der Waals surface area contributed by atoms with Gasteiger partial charge in [0.25, 0.3) is 15.9 Å². The molecule has 0 N–H and O–H groups in total. The van der Waals surface area contributed by atoms with Crippen LogP contribution in [0.5, 0.6) is 0 Å². The molecule has 1 heterocycles. The third kappa shape index (κ3) is 4.28. The summed E-state index contributed by atoms with van der Waals surface area (Å²) in [5.74, 6) is -0.244. The zero-order valence-corrected chi connectivity index (χ0v) is 17.5. The summed E-state index contributed by atoms with van der Waals surface area (Å²) in [5, 5.41) is 0.174. The zero-order valence-electron chi connectivity index (χ0n) is 15.9. The molecule has 0 unspecified atom stereocenters. The number of sulfonamides is 1. The first kappa shape index (κ1) is 20.2. The van der Waals surface area contributed by atoms with Gasteiger partial charge in [0.1, 0.15) is 0 Å². The van der Waals surface area contributed by atoms with E-state index in [1.54, 1.807) is 31.2 Å². The van der Waals surface area contributed by atoms with Gasteiger partial charge in [-0.2, -0.15) is 8.42 Å². The average Bonchev–Trinajstić information content (AvgIpc) is 2.96. The van der Waals surface area contributed by atoms with Crippen molar-refractivity contribution in [2.75, 3.05) is 25.5 Å². The summed E-state index contributed by atoms with van der Waals surface area (Å²) in [6.45, 7) is 2.13. The van der Waals surface area contributed by atoms with E-state index in [9.17, 15) is 13.2 Å². The second-order valence-corrected chi connectivity index (χ2v) is 8.92. The lowest BCUT2D eigenvalue weighted by Crippen LogP contribution is -2.29. The van der Waals surface area contributed by atoms with Crippen molar-refractivity contribution < 1.29 is 13.2 Å². The van der Waals surface area contributed by atoms with Gasteiger partial charge < -0.3 is 4.90 Å². The summed E-state index contributed by atoms with van der Waals surface area (Å²) in [6.07, 6.45) is 1.76. The number of benzene rings is 2. The Labute approximate surface area is 169 Å². The van der Waals surface area contributed by atoms with Crippen molar-refractivity contribution in [1.82, 2.24) is 4.90 Å². The molecule has 0 bridgehead atoms. The van der Waals surface area contributed by atoms with Crippen LogP contribution < -0.4 is 4.90 Å². The minimum atomic E-state index is -3.88. The fourth-order valence-electron chi connectivity index (χ4n) is 2.62. The van der Waals surface area contributed by atoms with Crippen LogP contribution in [-0.4, -0.2) is 45.0 Å². The molecule has 1 aliphatic rings. The van der Waals surface area contributed by atoms with Crippen molar-refractivity contribution in [1.29, 1.82) is 0 Å². The Morgan fingerprint density at radius 3 is 2.29 bits per heavy atom. The van der Waals surface area contributed by atoms with Gasteiger partial charge in [-0.05, 0) is 54.6 Å². The number of amidine groups is 1. The normalized spacial score (nSPS) is 17.5. The molecule has 1 amide bonds. The molecule has 0 saturated carbocycles. The van der Waals surface area contributed by atoms with Crippen LogP contribution >= 0.6 is 11.8 Å². The van der Waals surface area contributed by atoms with E-state index in [2.05, 4.69) is 4.40 Å². The number of carbonyl (C=O) groups excluding carboxylic acids is 1. The molecule has 2 aromatic carbocycles. The summed E-state index contributed by atoms with van der Waals surface area (Å²) in [6, 6.07) is 15.7. The number of likely N-dealkylation sites (N-methyl/N-ethyl adjacent to an activating group) is 1. The molecule has 0 atom stereocenters. The highest BCUT2D eigenvalue weighted by molar-refractivity contribution is 8.19. The number of hydrogen-bond acceptors (Lipinski definition) is 5. The quantitative estimate of drug-likeness (QED) is 0.700. The minimum Gasteiger partial charge on any atom is -0.378 e. The van der Waals surface area contributed by atoms with Crippen molar-refractivity contribution in [3.05, 3.63) is 65.1 Å². The highest BCUT2D eigenvalue weighted by Crippen LogP contribution is 2.33. The molecular weight excluding hydrogens is 394 g/mol. The molecule has 3 rings (SSSR count). The maximum atomic E-state index is 12.7. The molecule has 6 nitrogen and oxygen atoms in total. The van der Waals surface area contributed by atoms with Crippen LogP contribution in [0.2, 0.25) is 0 Å². The van der Waals surface area contributed by atoms with Gasteiger partial charge in [-0.25, -0.2) is 0 Å². The predicted molar refractivity (Wildman–Crippen MR) is 115 cm³/mol. The van der Waals surface area contributed by atoms with E-state index in [0.29, 0.717) is 11.4 Å². The summed E-state index contributed by atoms with van der Waals surface area (Å²) in [5.41, 5.74) is 1.92. The number of amides is 1. The highest BCUT2D eigenvalue weighted by Gasteiger charge is 2.33. The second kappa shape index (κ2) is 8.20. The maximum absolute atomic E-state index is 12.7. The molecule has 28 heavy (non-hydrogen) atoms. The van der Waals surface area contributed by atoms with Crippen LogP contribution in [0.4, 0.5) is 5.69 Å². The van der Waals surface area contributed by atoms with Gasteiger partial charge in [0, 0.05) is 26.3 Å². The molecule has 1 saturated heterocycles. The third-order valence-corrected chi connectivity index (χ3v) is 6.55. The molecule has 2 aromatic rings. The van der Waals surface area contributed by atoms with E-state index in [0.717, 1.165) is 23.0 Å². The molecule has 0 spiro atoms. The number of nitrogens with zero attached hydrogens (tertiary/aromatic N) is 3. The minimum absolute atomic E-state index is 0.100. The van der Waals surface area contributed by atoms with Gasteiger partial charge in [0.15, 0.2) is 5.17 Å². The number of rotatable bonds is 5. The van der Waals surface area contributed by atoms with Gasteiger partial charge >= 0.3 is 0 Å². The van der Waals surface area contributed by atoms with Gasteiger partial charge in [-0.1, -0.05) is 30.3 Å². The zero-order chi connectivity index (χ0) is 20.3. The van der Waals surface area contributed by atoms with E-state index in [-0.39, 0.29) is 16.0 Å². The first-order valence-electron chi connectivity index (χ1n) is 8.70. The summed E-state index contributed by atoms with van der Waals surface area (Å²) < 4.78 is 29.0. The van der Waals surface area contributed by atoms with Crippen molar-refractivity contribution in [3.63, 3.8) is 0 Å². The predicted octanol–water partition coefficient (Wildman–Crippen LogP) is 3.43. The molecule has 0 aliphatic carbocycles. The number of hydrogen-bond donors (Lipinski definition) is 0. The Bertz CT molecular complexity index is 1030. The van der Waals surface area contributed by atoms with Crippen LogP contribution in [0.3, 0.4) is 0 Å². The average molecular weight is 416 g/mol. The number of carbonyl (C=O) groups is 1. The van der Waals surface area contributed by atoms with Crippen LogP contribution in [0.1, 0.15) is 12.5 Å². The fraction of sp³-hybridized carbons (Fsp3) is 0.200. The SMILES string of the molecule is CCN1C(=O)/C(=C/c2ccc(N(C)C)cc2)S/C1=N\S(=O)(=O)c1ccccc1. The van der Waals surface area contributed by atoms with E-state index in [1.165, 1.54) is 17.0 Å².